The van der Waals surface area contributed by atoms with Crippen LogP contribution in [0.4, 0.5) is 5.69 Å². The standard InChI is InChI=1S/C21H23N3O5S/c1-14(2)24-30(27,28)17-9-8-15(3)18(12-17)21(26)29-11-10-20(25)23-19-7-5-4-6-16(19)13-22/h4-9,12,14,24H,10-11H2,1-3H3,(H,23,25). The summed E-state index contributed by atoms with van der Waals surface area (Å²) in [4.78, 5) is 24.4. The highest BCUT2D eigenvalue weighted by molar-refractivity contribution is 7.89. The summed E-state index contributed by atoms with van der Waals surface area (Å²) in [5.74, 6) is -1.14. The van der Waals surface area contributed by atoms with E-state index in [4.69, 9.17) is 10.00 Å². The summed E-state index contributed by atoms with van der Waals surface area (Å²) in [6, 6.07) is 12.4. The third-order valence-electron chi connectivity index (χ3n) is 4.01. The van der Waals surface area contributed by atoms with E-state index in [0.29, 0.717) is 16.8 Å². The molecule has 0 fully saturated rings. The van der Waals surface area contributed by atoms with Crippen LogP contribution in [0.2, 0.25) is 0 Å². The monoisotopic (exact) mass is 429 g/mol. The Morgan fingerprint density at radius 1 is 1.17 bits per heavy atom. The van der Waals surface area contributed by atoms with Gasteiger partial charge in [-0.25, -0.2) is 17.9 Å². The largest absolute Gasteiger partial charge is 0.462 e. The highest BCUT2D eigenvalue weighted by Crippen LogP contribution is 2.18. The number of hydrogen-bond donors (Lipinski definition) is 2. The van der Waals surface area contributed by atoms with E-state index in [2.05, 4.69) is 10.0 Å². The Labute approximate surface area is 175 Å². The predicted octanol–water partition coefficient (Wildman–Crippen LogP) is 2.74. The van der Waals surface area contributed by atoms with E-state index in [1.807, 2.05) is 6.07 Å². The summed E-state index contributed by atoms with van der Waals surface area (Å²) in [6.07, 6.45) is -0.114. The molecule has 0 unspecified atom stereocenters. The van der Waals surface area contributed by atoms with Gasteiger partial charge in [0, 0.05) is 6.04 Å². The predicted molar refractivity (Wildman–Crippen MR) is 111 cm³/mol. The molecule has 2 rings (SSSR count). The molecule has 0 saturated heterocycles. The Hall–Kier alpha value is -3.22. The lowest BCUT2D eigenvalue weighted by Crippen LogP contribution is -2.30. The van der Waals surface area contributed by atoms with E-state index >= 15 is 0 Å². The third-order valence-corrected chi connectivity index (χ3v) is 5.67. The van der Waals surface area contributed by atoms with E-state index in [1.165, 1.54) is 18.2 Å². The average Bonchev–Trinajstić information content (AvgIpc) is 2.67. The smallest absolute Gasteiger partial charge is 0.338 e. The SMILES string of the molecule is Cc1ccc(S(=O)(=O)NC(C)C)cc1C(=O)OCCC(=O)Nc1ccccc1C#N. The molecular weight excluding hydrogens is 406 g/mol. The van der Waals surface area contributed by atoms with Gasteiger partial charge >= 0.3 is 5.97 Å². The van der Waals surface area contributed by atoms with Crippen molar-refractivity contribution in [2.24, 2.45) is 0 Å². The Bertz CT molecular complexity index is 1090. The third kappa shape index (κ3) is 6.14. The first-order valence-electron chi connectivity index (χ1n) is 9.23. The van der Waals surface area contributed by atoms with Crippen LogP contribution in [0.15, 0.2) is 47.4 Å². The van der Waals surface area contributed by atoms with Crippen LogP contribution >= 0.6 is 0 Å². The van der Waals surface area contributed by atoms with Crippen LogP contribution in [-0.4, -0.2) is 32.9 Å². The van der Waals surface area contributed by atoms with Gasteiger partial charge in [-0.05, 0) is 50.6 Å². The van der Waals surface area contributed by atoms with Crippen LogP contribution in [-0.2, 0) is 19.6 Å². The number of nitrogens with one attached hydrogen (secondary N) is 2. The lowest BCUT2D eigenvalue weighted by atomic mass is 10.1. The molecule has 0 saturated carbocycles. The van der Waals surface area contributed by atoms with Gasteiger partial charge in [0.25, 0.3) is 0 Å². The number of para-hydroxylation sites is 1. The number of esters is 1. The highest BCUT2D eigenvalue weighted by atomic mass is 32.2. The van der Waals surface area contributed by atoms with E-state index < -0.39 is 21.9 Å². The minimum Gasteiger partial charge on any atom is -0.462 e. The van der Waals surface area contributed by atoms with Crippen molar-refractivity contribution in [2.45, 2.75) is 38.1 Å². The quantitative estimate of drug-likeness (QED) is 0.622. The summed E-state index contributed by atoms with van der Waals surface area (Å²) in [7, 11) is -3.76. The molecule has 0 aliphatic rings. The molecule has 2 aromatic rings. The van der Waals surface area contributed by atoms with E-state index in [0.717, 1.165) is 0 Å². The number of carbonyl (C=O) groups is 2. The zero-order valence-electron chi connectivity index (χ0n) is 16.9. The van der Waals surface area contributed by atoms with Gasteiger partial charge in [0.1, 0.15) is 12.7 Å². The minimum atomic E-state index is -3.76. The van der Waals surface area contributed by atoms with Crippen molar-refractivity contribution in [3.63, 3.8) is 0 Å². The fraction of sp³-hybridized carbons (Fsp3) is 0.286. The van der Waals surface area contributed by atoms with Crippen LogP contribution in [0.25, 0.3) is 0 Å². The van der Waals surface area contributed by atoms with E-state index in [9.17, 15) is 18.0 Å². The first-order chi connectivity index (χ1) is 14.1. The summed E-state index contributed by atoms with van der Waals surface area (Å²) >= 11 is 0. The second-order valence-corrected chi connectivity index (χ2v) is 8.56. The van der Waals surface area contributed by atoms with Crippen LogP contribution in [0.5, 0.6) is 0 Å². The summed E-state index contributed by atoms with van der Waals surface area (Å²) in [5.41, 5.74) is 1.36. The van der Waals surface area contributed by atoms with Gasteiger partial charge in [-0.15, -0.1) is 0 Å². The number of benzene rings is 2. The van der Waals surface area contributed by atoms with Crippen LogP contribution < -0.4 is 10.0 Å². The Morgan fingerprint density at radius 2 is 1.87 bits per heavy atom. The molecule has 8 nitrogen and oxygen atoms in total. The van der Waals surface area contributed by atoms with Crippen molar-refractivity contribution in [3.05, 3.63) is 59.2 Å². The van der Waals surface area contributed by atoms with Crippen molar-refractivity contribution >= 4 is 27.6 Å². The summed E-state index contributed by atoms with van der Waals surface area (Å²) in [5, 5.41) is 11.6. The van der Waals surface area contributed by atoms with Crippen molar-refractivity contribution in [3.8, 4) is 6.07 Å². The maximum atomic E-state index is 12.4. The number of nitriles is 1. The minimum absolute atomic E-state index is 0.0420. The van der Waals surface area contributed by atoms with Crippen molar-refractivity contribution in [2.75, 3.05) is 11.9 Å². The molecular formula is C21H23N3O5S. The zero-order chi connectivity index (χ0) is 22.3. The first kappa shape index (κ1) is 23.1. The molecule has 9 heteroatoms. The fourth-order valence-corrected chi connectivity index (χ4v) is 3.86. The molecule has 2 N–H and O–H groups in total. The molecule has 0 aromatic heterocycles. The Kier molecular flexibility index (Phi) is 7.69. The van der Waals surface area contributed by atoms with Gasteiger partial charge < -0.3 is 10.1 Å². The van der Waals surface area contributed by atoms with Crippen molar-refractivity contribution < 1.29 is 22.7 Å². The molecule has 0 radical (unpaired) electrons. The van der Waals surface area contributed by atoms with Gasteiger partial charge in [0.05, 0.1) is 28.1 Å². The summed E-state index contributed by atoms with van der Waals surface area (Å²) < 4.78 is 32.2. The van der Waals surface area contributed by atoms with Crippen LogP contribution in [0.1, 0.15) is 41.8 Å². The molecule has 0 heterocycles. The molecule has 0 aliphatic carbocycles. The number of anilines is 1. The molecule has 30 heavy (non-hydrogen) atoms. The normalized spacial score (nSPS) is 11.0. The molecule has 2 aromatic carbocycles. The lowest BCUT2D eigenvalue weighted by molar-refractivity contribution is -0.116. The van der Waals surface area contributed by atoms with Gasteiger partial charge in [0.15, 0.2) is 0 Å². The number of hydrogen-bond acceptors (Lipinski definition) is 6. The van der Waals surface area contributed by atoms with Crippen molar-refractivity contribution in [1.82, 2.24) is 4.72 Å². The Morgan fingerprint density at radius 3 is 2.53 bits per heavy atom. The van der Waals surface area contributed by atoms with E-state index in [1.54, 1.807) is 45.0 Å². The summed E-state index contributed by atoms with van der Waals surface area (Å²) in [6.45, 7) is 4.86. The molecule has 158 valence electrons. The number of amides is 1. The molecule has 1 amide bonds. The number of carbonyl (C=O) groups excluding carboxylic acids is 2. The van der Waals surface area contributed by atoms with Gasteiger partial charge in [-0.2, -0.15) is 5.26 Å². The molecule has 0 spiro atoms. The van der Waals surface area contributed by atoms with Gasteiger partial charge in [-0.3, -0.25) is 4.79 Å². The van der Waals surface area contributed by atoms with E-state index in [-0.39, 0.29) is 29.5 Å². The maximum absolute atomic E-state index is 12.4. The molecule has 0 bridgehead atoms. The van der Waals surface area contributed by atoms with Crippen molar-refractivity contribution in [1.29, 1.82) is 5.26 Å². The lowest BCUT2D eigenvalue weighted by Gasteiger charge is -2.12. The fourth-order valence-electron chi connectivity index (χ4n) is 2.58. The van der Waals surface area contributed by atoms with Gasteiger partial charge in [0.2, 0.25) is 15.9 Å². The number of rotatable bonds is 8. The average molecular weight is 429 g/mol. The molecule has 0 aliphatic heterocycles. The number of nitrogens with zero attached hydrogens (tertiary/aromatic N) is 1. The highest BCUT2D eigenvalue weighted by Gasteiger charge is 2.20. The number of aryl methyl sites for hydroxylation is 1. The maximum Gasteiger partial charge on any atom is 0.338 e. The number of sulfonamides is 1. The van der Waals surface area contributed by atoms with Crippen LogP contribution in [0, 0.1) is 18.3 Å². The zero-order valence-corrected chi connectivity index (χ0v) is 17.7. The van der Waals surface area contributed by atoms with Crippen LogP contribution in [0.3, 0.4) is 0 Å². The molecule has 0 atom stereocenters. The topological polar surface area (TPSA) is 125 Å². The second-order valence-electron chi connectivity index (χ2n) is 6.84. The Balaban J connectivity index is 2.00. The first-order valence-corrected chi connectivity index (χ1v) is 10.7. The second kappa shape index (κ2) is 10.0. The number of ether oxygens (including phenoxy) is 1. The van der Waals surface area contributed by atoms with Gasteiger partial charge in [-0.1, -0.05) is 18.2 Å².